The van der Waals surface area contributed by atoms with Crippen molar-refractivity contribution >= 4 is 21.8 Å². The maximum atomic E-state index is 11.6. The molecule has 1 fully saturated rings. The first-order valence-corrected chi connectivity index (χ1v) is 6.58. The zero-order valence-electron chi connectivity index (χ0n) is 9.17. The van der Waals surface area contributed by atoms with Gasteiger partial charge in [-0.2, -0.15) is 0 Å². The SMILES string of the molecule is O=C(NCCC1CCCC1)c1ccc(Br)o1. The molecule has 88 valence electrons. The molecular formula is C12H16BrNO2. The molecule has 0 unspecified atom stereocenters. The Hall–Kier alpha value is -0.770. The maximum Gasteiger partial charge on any atom is 0.287 e. The number of rotatable bonds is 4. The van der Waals surface area contributed by atoms with Crippen LogP contribution in [0.3, 0.4) is 0 Å². The molecule has 16 heavy (non-hydrogen) atoms. The lowest BCUT2D eigenvalue weighted by Gasteiger charge is -2.08. The summed E-state index contributed by atoms with van der Waals surface area (Å²) in [5.41, 5.74) is 0. The van der Waals surface area contributed by atoms with E-state index in [1.807, 2.05) is 0 Å². The van der Waals surface area contributed by atoms with Gasteiger partial charge in [0.25, 0.3) is 5.91 Å². The molecule has 0 spiro atoms. The summed E-state index contributed by atoms with van der Waals surface area (Å²) in [4.78, 5) is 11.6. The molecule has 0 radical (unpaired) electrons. The fraction of sp³-hybridized carbons (Fsp3) is 0.583. The first kappa shape index (κ1) is 11.7. The van der Waals surface area contributed by atoms with Crippen LogP contribution in [0.5, 0.6) is 0 Å². The molecular weight excluding hydrogens is 270 g/mol. The molecule has 0 saturated heterocycles. The van der Waals surface area contributed by atoms with Gasteiger partial charge in [-0.1, -0.05) is 25.7 Å². The van der Waals surface area contributed by atoms with E-state index in [1.165, 1.54) is 25.7 Å². The van der Waals surface area contributed by atoms with Crippen molar-refractivity contribution in [3.63, 3.8) is 0 Å². The number of hydrogen-bond acceptors (Lipinski definition) is 2. The minimum atomic E-state index is -0.122. The van der Waals surface area contributed by atoms with E-state index in [1.54, 1.807) is 12.1 Å². The fourth-order valence-corrected chi connectivity index (χ4v) is 2.52. The third-order valence-corrected chi connectivity index (χ3v) is 3.54. The average molecular weight is 286 g/mol. The van der Waals surface area contributed by atoms with E-state index in [4.69, 9.17) is 4.42 Å². The van der Waals surface area contributed by atoms with Gasteiger partial charge in [0, 0.05) is 6.54 Å². The molecule has 0 aromatic carbocycles. The maximum absolute atomic E-state index is 11.6. The summed E-state index contributed by atoms with van der Waals surface area (Å²) in [5.74, 6) is 1.06. The molecule has 1 N–H and O–H groups in total. The Kier molecular flexibility index (Phi) is 4.04. The fourth-order valence-electron chi connectivity index (χ4n) is 2.21. The summed E-state index contributed by atoms with van der Waals surface area (Å²) in [5, 5.41) is 2.89. The Morgan fingerprint density at radius 1 is 1.44 bits per heavy atom. The summed E-state index contributed by atoms with van der Waals surface area (Å²) < 4.78 is 5.76. The van der Waals surface area contributed by atoms with Crippen molar-refractivity contribution in [3.8, 4) is 0 Å². The molecule has 1 saturated carbocycles. The first-order chi connectivity index (χ1) is 7.75. The van der Waals surface area contributed by atoms with Crippen molar-refractivity contribution in [2.24, 2.45) is 5.92 Å². The van der Waals surface area contributed by atoms with Crippen molar-refractivity contribution in [1.82, 2.24) is 5.32 Å². The van der Waals surface area contributed by atoms with Gasteiger partial charge >= 0.3 is 0 Å². The van der Waals surface area contributed by atoms with Gasteiger partial charge in [0.15, 0.2) is 10.4 Å². The minimum absolute atomic E-state index is 0.122. The van der Waals surface area contributed by atoms with Gasteiger partial charge in [0.1, 0.15) is 0 Å². The van der Waals surface area contributed by atoms with E-state index < -0.39 is 0 Å². The number of amides is 1. The lowest BCUT2D eigenvalue weighted by Crippen LogP contribution is -2.25. The van der Waals surface area contributed by atoms with Crippen LogP contribution < -0.4 is 5.32 Å². The summed E-state index contributed by atoms with van der Waals surface area (Å²) >= 11 is 3.18. The van der Waals surface area contributed by atoms with Crippen LogP contribution in [0, 0.1) is 5.92 Å². The number of furan rings is 1. The van der Waals surface area contributed by atoms with Crippen LogP contribution in [0.15, 0.2) is 21.2 Å². The largest absolute Gasteiger partial charge is 0.444 e. The van der Waals surface area contributed by atoms with Gasteiger partial charge in [-0.15, -0.1) is 0 Å². The second-order valence-corrected chi connectivity index (χ2v) is 5.08. The van der Waals surface area contributed by atoms with E-state index in [-0.39, 0.29) is 5.91 Å². The topological polar surface area (TPSA) is 42.2 Å². The van der Waals surface area contributed by atoms with Crippen LogP contribution in [0.4, 0.5) is 0 Å². The standard InChI is InChI=1S/C12H16BrNO2/c13-11-6-5-10(16-11)12(15)14-8-7-9-3-1-2-4-9/h5-6,9H,1-4,7-8H2,(H,14,15). The summed E-state index contributed by atoms with van der Waals surface area (Å²) in [7, 11) is 0. The molecule has 0 atom stereocenters. The number of hydrogen-bond donors (Lipinski definition) is 1. The highest BCUT2D eigenvalue weighted by Crippen LogP contribution is 2.26. The van der Waals surface area contributed by atoms with Gasteiger partial charge in [-0.05, 0) is 40.4 Å². The second-order valence-electron chi connectivity index (χ2n) is 4.30. The van der Waals surface area contributed by atoms with Gasteiger partial charge in [-0.3, -0.25) is 4.79 Å². The zero-order chi connectivity index (χ0) is 11.4. The van der Waals surface area contributed by atoms with Crippen LogP contribution in [0.25, 0.3) is 0 Å². The molecule has 0 aliphatic heterocycles. The number of carbonyl (C=O) groups excluding carboxylic acids is 1. The Bertz CT molecular complexity index is 356. The van der Waals surface area contributed by atoms with Gasteiger partial charge in [-0.25, -0.2) is 0 Å². The molecule has 1 heterocycles. The van der Waals surface area contributed by atoms with Crippen molar-refractivity contribution in [3.05, 3.63) is 22.6 Å². The van der Waals surface area contributed by atoms with Gasteiger partial charge in [0.2, 0.25) is 0 Å². The van der Waals surface area contributed by atoms with Crippen molar-refractivity contribution < 1.29 is 9.21 Å². The molecule has 1 aliphatic rings. The highest BCUT2D eigenvalue weighted by molar-refractivity contribution is 9.10. The quantitative estimate of drug-likeness (QED) is 0.922. The van der Waals surface area contributed by atoms with Crippen molar-refractivity contribution in [2.45, 2.75) is 32.1 Å². The van der Waals surface area contributed by atoms with E-state index in [2.05, 4.69) is 21.2 Å². The molecule has 1 aromatic heterocycles. The number of carbonyl (C=O) groups is 1. The third kappa shape index (κ3) is 3.11. The predicted octanol–water partition coefficient (Wildman–Crippen LogP) is 3.35. The average Bonchev–Trinajstić information content (AvgIpc) is 2.89. The molecule has 0 bridgehead atoms. The van der Waals surface area contributed by atoms with Crippen LogP contribution in [0.2, 0.25) is 0 Å². The highest BCUT2D eigenvalue weighted by Gasteiger charge is 2.15. The number of nitrogens with one attached hydrogen (secondary N) is 1. The molecule has 1 amide bonds. The molecule has 1 aromatic rings. The van der Waals surface area contributed by atoms with E-state index in [9.17, 15) is 4.79 Å². The Labute approximate surface area is 104 Å². The van der Waals surface area contributed by atoms with Crippen molar-refractivity contribution in [1.29, 1.82) is 0 Å². The Morgan fingerprint density at radius 2 is 2.19 bits per heavy atom. The molecule has 4 heteroatoms. The lowest BCUT2D eigenvalue weighted by atomic mass is 10.0. The monoisotopic (exact) mass is 285 g/mol. The van der Waals surface area contributed by atoms with E-state index >= 15 is 0 Å². The summed E-state index contributed by atoms with van der Waals surface area (Å²) in [6, 6.07) is 3.40. The second kappa shape index (κ2) is 5.53. The van der Waals surface area contributed by atoms with Crippen LogP contribution in [-0.4, -0.2) is 12.5 Å². The molecule has 2 rings (SSSR count). The molecule has 1 aliphatic carbocycles. The highest BCUT2D eigenvalue weighted by atomic mass is 79.9. The van der Waals surface area contributed by atoms with Crippen molar-refractivity contribution in [2.75, 3.05) is 6.54 Å². The van der Waals surface area contributed by atoms with E-state index in [0.29, 0.717) is 10.4 Å². The molecule has 3 nitrogen and oxygen atoms in total. The Morgan fingerprint density at radius 3 is 2.81 bits per heavy atom. The smallest absolute Gasteiger partial charge is 0.287 e. The van der Waals surface area contributed by atoms with Crippen LogP contribution in [0.1, 0.15) is 42.7 Å². The van der Waals surface area contributed by atoms with Crippen LogP contribution >= 0.6 is 15.9 Å². The summed E-state index contributed by atoms with van der Waals surface area (Å²) in [6.07, 6.45) is 6.44. The first-order valence-electron chi connectivity index (χ1n) is 5.79. The normalized spacial score (nSPS) is 16.6. The lowest BCUT2D eigenvalue weighted by molar-refractivity contribution is 0.0922. The third-order valence-electron chi connectivity index (χ3n) is 3.11. The minimum Gasteiger partial charge on any atom is -0.444 e. The zero-order valence-corrected chi connectivity index (χ0v) is 10.8. The summed E-state index contributed by atoms with van der Waals surface area (Å²) in [6.45, 7) is 0.752. The van der Waals surface area contributed by atoms with Crippen LogP contribution in [-0.2, 0) is 0 Å². The number of halogens is 1. The van der Waals surface area contributed by atoms with E-state index in [0.717, 1.165) is 18.9 Å². The van der Waals surface area contributed by atoms with Gasteiger partial charge < -0.3 is 9.73 Å². The predicted molar refractivity (Wildman–Crippen MR) is 65.3 cm³/mol. The Balaban J connectivity index is 1.71. The van der Waals surface area contributed by atoms with Gasteiger partial charge in [0.05, 0.1) is 0 Å².